The number of hydrogen-bond acceptors (Lipinski definition) is 7. The number of carbonyl (C=O) groups is 4. The molecule has 3 unspecified atom stereocenters. The third kappa shape index (κ3) is 18.6. The van der Waals surface area contributed by atoms with Crippen molar-refractivity contribution in [2.24, 2.45) is 17.6 Å². The second-order valence-corrected chi connectivity index (χ2v) is 18.5. The molecule has 1 saturated carbocycles. The highest BCUT2D eigenvalue weighted by atomic mass is 16.2. The van der Waals surface area contributed by atoms with Crippen LogP contribution in [-0.2, 0) is 38.4 Å². The van der Waals surface area contributed by atoms with Crippen molar-refractivity contribution in [1.29, 1.82) is 0 Å². The van der Waals surface area contributed by atoms with Crippen molar-refractivity contribution in [2.45, 2.75) is 130 Å². The van der Waals surface area contributed by atoms with Gasteiger partial charge in [-0.25, -0.2) is 0 Å². The fraction of sp³-hybridized carbons (Fsp3) is 0.410. The molecule has 1 fully saturated rings. The van der Waals surface area contributed by atoms with Crippen LogP contribution in [0.25, 0.3) is 32.7 Å². The number of benzene rings is 6. The summed E-state index contributed by atoms with van der Waals surface area (Å²) < 4.78 is 0. The maximum absolute atomic E-state index is 12.9. The van der Waals surface area contributed by atoms with Crippen LogP contribution >= 0.6 is 0 Å². The normalized spacial score (nSPS) is 15.4. The highest BCUT2D eigenvalue weighted by Gasteiger charge is 2.26. The molecule has 0 aromatic heterocycles. The van der Waals surface area contributed by atoms with Gasteiger partial charge in [0, 0.05) is 12.8 Å². The minimum Gasteiger partial charge on any atom is -0.346 e. The van der Waals surface area contributed by atoms with Crippen molar-refractivity contribution in [3.63, 3.8) is 0 Å². The van der Waals surface area contributed by atoms with Gasteiger partial charge in [-0.1, -0.05) is 166 Å². The minimum absolute atomic E-state index is 0.0156. The number of hydrogen-bond donors (Lipinski definition) is 4. The average molecular weight is 933 g/mol. The first kappa shape index (κ1) is 55.8. The van der Waals surface area contributed by atoms with Crippen LogP contribution in [0.1, 0.15) is 108 Å². The number of amides is 1. The molecule has 368 valence electrons. The lowest BCUT2D eigenvalue weighted by Crippen LogP contribution is -2.43. The lowest BCUT2D eigenvalue weighted by atomic mass is 9.80. The molecule has 8 heteroatoms. The predicted octanol–water partition coefficient (Wildman–Crippen LogP) is 11.7. The van der Waals surface area contributed by atoms with Crippen molar-refractivity contribution in [2.75, 3.05) is 20.6 Å². The van der Waals surface area contributed by atoms with E-state index in [1.165, 1.54) is 44.0 Å². The van der Waals surface area contributed by atoms with Crippen molar-refractivity contribution in [1.82, 2.24) is 16.0 Å². The van der Waals surface area contributed by atoms with Gasteiger partial charge in [-0.2, -0.15) is 0 Å². The summed E-state index contributed by atoms with van der Waals surface area (Å²) in [6.07, 6.45) is 9.29. The highest BCUT2D eigenvalue weighted by molar-refractivity contribution is 5.90. The Balaban J connectivity index is 0.000000232. The Labute approximate surface area is 413 Å². The Morgan fingerprint density at radius 1 is 0.565 bits per heavy atom. The zero-order valence-electron chi connectivity index (χ0n) is 42.8. The van der Waals surface area contributed by atoms with Crippen LogP contribution in [0.5, 0.6) is 0 Å². The molecule has 1 amide bonds. The van der Waals surface area contributed by atoms with Crippen LogP contribution < -0.4 is 21.7 Å². The van der Waals surface area contributed by atoms with Gasteiger partial charge < -0.3 is 21.7 Å². The topological polar surface area (TPSA) is 130 Å². The zero-order chi connectivity index (χ0) is 50.1. The van der Waals surface area contributed by atoms with E-state index < -0.39 is 6.04 Å². The summed E-state index contributed by atoms with van der Waals surface area (Å²) in [5.74, 6) is 1.55. The molecular weight excluding hydrogens is 853 g/mol. The molecule has 0 spiro atoms. The number of aryl methyl sites for hydroxylation is 1. The molecule has 5 N–H and O–H groups in total. The molecule has 8 nitrogen and oxygen atoms in total. The molecule has 1 aliphatic carbocycles. The van der Waals surface area contributed by atoms with Crippen LogP contribution in [0, 0.1) is 18.8 Å². The van der Waals surface area contributed by atoms with Gasteiger partial charge in [0.25, 0.3) is 0 Å². The highest BCUT2D eigenvalue weighted by Crippen LogP contribution is 2.30. The third-order valence-corrected chi connectivity index (χ3v) is 13.2. The maximum atomic E-state index is 12.9. The number of Topliss-reactive ketones (excluding diaryl/α,β-unsaturated/α-hetero) is 3. The average Bonchev–Trinajstić information content (AvgIpc) is 3.37. The first-order valence-electron chi connectivity index (χ1n) is 25.4. The summed E-state index contributed by atoms with van der Waals surface area (Å²) in [5, 5.41) is 14.0. The summed E-state index contributed by atoms with van der Waals surface area (Å²) in [4.78, 5) is 48.5. The number of ketones is 3. The summed E-state index contributed by atoms with van der Waals surface area (Å²) in [6.45, 7) is 12.2. The second kappa shape index (κ2) is 29.9. The van der Waals surface area contributed by atoms with E-state index in [1.54, 1.807) is 13.8 Å². The quantitative estimate of drug-likeness (QED) is 0.0636. The molecule has 3 atom stereocenters. The number of nitrogens with one attached hydrogen (secondary N) is 3. The number of likely N-dealkylation sites (N-methyl/N-ethyl adjacent to an activating group) is 2. The Morgan fingerprint density at radius 3 is 1.61 bits per heavy atom. The largest absolute Gasteiger partial charge is 0.346 e. The van der Waals surface area contributed by atoms with E-state index in [2.05, 4.69) is 133 Å². The SMILES string of the molecule is CC.CCCCC(=O)C(Cc1ccc2ccccc2c1)NC(=O)CC1CCC(CN)CC1.CNC(Cc1ccc(-c2ccccc2)cc1)C(C)=O.CNC(Cc1ccc2ccc(C)cc2c1)C(C)=O. The Morgan fingerprint density at radius 2 is 1.04 bits per heavy atom. The molecule has 69 heavy (non-hydrogen) atoms. The monoisotopic (exact) mass is 933 g/mol. The second-order valence-electron chi connectivity index (χ2n) is 18.5. The van der Waals surface area contributed by atoms with Gasteiger partial charge in [-0.05, 0) is 154 Å². The molecule has 6 aromatic carbocycles. The van der Waals surface area contributed by atoms with Crippen molar-refractivity contribution >= 4 is 44.8 Å². The van der Waals surface area contributed by atoms with Crippen LogP contribution in [0.15, 0.2) is 133 Å². The van der Waals surface area contributed by atoms with Crippen LogP contribution in [0.4, 0.5) is 0 Å². The van der Waals surface area contributed by atoms with E-state index in [0.29, 0.717) is 31.1 Å². The lowest BCUT2D eigenvalue weighted by molar-refractivity contribution is -0.128. The molecule has 0 heterocycles. The van der Waals surface area contributed by atoms with E-state index in [-0.39, 0.29) is 35.3 Å². The fourth-order valence-electron chi connectivity index (χ4n) is 8.93. The van der Waals surface area contributed by atoms with E-state index in [9.17, 15) is 19.2 Å². The summed E-state index contributed by atoms with van der Waals surface area (Å²) in [5.41, 5.74) is 12.9. The first-order valence-corrected chi connectivity index (χ1v) is 25.4. The minimum atomic E-state index is -0.439. The van der Waals surface area contributed by atoms with E-state index in [4.69, 9.17) is 5.73 Å². The van der Waals surface area contributed by atoms with E-state index in [1.807, 2.05) is 58.3 Å². The molecule has 1 aliphatic rings. The first-order chi connectivity index (χ1) is 33.4. The number of nitrogens with two attached hydrogens (primary N) is 1. The lowest BCUT2D eigenvalue weighted by Gasteiger charge is -2.28. The van der Waals surface area contributed by atoms with Gasteiger partial charge in [0.15, 0.2) is 5.78 Å². The fourth-order valence-corrected chi connectivity index (χ4v) is 8.93. The number of unbranched alkanes of at least 4 members (excludes halogenated alkanes) is 1. The van der Waals surface area contributed by atoms with E-state index >= 15 is 0 Å². The van der Waals surface area contributed by atoms with Crippen LogP contribution in [0.3, 0.4) is 0 Å². The summed E-state index contributed by atoms with van der Waals surface area (Å²) in [7, 11) is 3.65. The summed E-state index contributed by atoms with van der Waals surface area (Å²) >= 11 is 0. The van der Waals surface area contributed by atoms with Crippen LogP contribution in [-0.4, -0.2) is 62.0 Å². The van der Waals surface area contributed by atoms with E-state index in [0.717, 1.165) is 68.9 Å². The van der Waals surface area contributed by atoms with Crippen molar-refractivity contribution in [3.8, 4) is 11.1 Å². The van der Waals surface area contributed by atoms with Gasteiger partial charge >= 0.3 is 0 Å². The predicted molar refractivity (Wildman–Crippen MR) is 290 cm³/mol. The number of carbonyl (C=O) groups excluding carboxylic acids is 4. The standard InChI is InChI=1S/C26H36N2O2.C17H19NO.C16H19NO.C2H6/c1-2-3-8-25(29)24(16-21-13-14-22-6-4-5-7-23(22)15-21)28-26(30)17-19-9-11-20(18-27)12-10-19;1-13(19)17(18-2)12-14-8-10-16(11-9-14)15-6-4-3-5-7-15;1-11-4-6-14-7-5-13(9-15(14)8-11)10-16(17-3)12(2)18;1-2/h4-7,13-15,19-20,24H,2-3,8-12,16-18,27H2,1H3,(H,28,30);3-11,17-18H,12H2,1-2H3;4-9,16-17H,10H2,1-3H3;1-2H3. The molecule has 6 aromatic rings. The smallest absolute Gasteiger partial charge is 0.220 e. The van der Waals surface area contributed by atoms with Crippen molar-refractivity contribution in [3.05, 3.63) is 156 Å². The molecule has 7 rings (SSSR count). The Kier molecular flexibility index (Phi) is 24.2. The molecule has 0 saturated heterocycles. The number of fused-ring (bicyclic) bond motifs is 2. The van der Waals surface area contributed by atoms with Gasteiger partial charge in [-0.15, -0.1) is 0 Å². The summed E-state index contributed by atoms with van der Waals surface area (Å²) in [6, 6.07) is 45.4. The van der Waals surface area contributed by atoms with Gasteiger partial charge in [-0.3, -0.25) is 19.2 Å². The van der Waals surface area contributed by atoms with Gasteiger partial charge in [0.05, 0.1) is 18.1 Å². The Hall–Kier alpha value is -5.80. The van der Waals surface area contributed by atoms with Gasteiger partial charge in [0.2, 0.25) is 5.91 Å². The number of rotatable bonds is 19. The molecular formula is C61H80N4O4. The Bertz CT molecular complexity index is 2490. The van der Waals surface area contributed by atoms with Crippen LogP contribution in [0.2, 0.25) is 0 Å². The molecule has 0 radical (unpaired) electrons. The van der Waals surface area contributed by atoms with Crippen molar-refractivity contribution < 1.29 is 19.2 Å². The molecule has 0 bridgehead atoms. The zero-order valence-corrected chi connectivity index (χ0v) is 42.8. The van der Waals surface area contributed by atoms with Gasteiger partial charge in [0.1, 0.15) is 11.6 Å². The third-order valence-electron chi connectivity index (χ3n) is 13.2. The molecule has 0 aliphatic heterocycles. The maximum Gasteiger partial charge on any atom is 0.220 e.